The van der Waals surface area contributed by atoms with Crippen LogP contribution in [0.1, 0.15) is 0 Å². The SMILES string of the molecule is c1ccc(-c2nc(-c3ccc(-c4cccc5c4sc4ccccc45)cc3)nc(-c3ccc(-c4cc5ccccc5c5c(-c6ccccc6)c(-c6ccccc6)nn45)cc3)n2)cc1. The van der Waals surface area contributed by atoms with Gasteiger partial charge in [0.1, 0.15) is 5.69 Å². The lowest BCUT2D eigenvalue weighted by Gasteiger charge is -2.12. The van der Waals surface area contributed by atoms with Crippen molar-refractivity contribution in [2.75, 3.05) is 0 Å². The van der Waals surface area contributed by atoms with Crippen LogP contribution in [0.2, 0.25) is 0 Å². The predicted molar refractivity (Wildman–Crippen MR) is 257 cm³/mol. The number of benzene rings is 8. The van der Waals surface area contributed by atoms with Crippen molar-refractivity contribution < 1.29 is 0 Å². The molecule has 8 aromatic carbocycles. The molecule has 62 heavy (non-hydrogen) atoms. The van der Waals surface area contributed by atoms with Crippen molar-refractivity contribution >= 4 is 47.8 Å². The summed E-state index contributed by atoms with van der Waals surface area (Å²) in [6.07, 6.45) is 0. The average molecular weight is 810 g/mol. The van der Waals surface area contributed by atoms with Crippen LogP contribution in [0.3, 0.4) is 0 Å². The highest BCUT2D eigenvalue weighted by Gasteiger charge is 2.22. The fourth-order valence-electron chi connectivity index (χ4n) is 8.68. The third-order valence-electron chi connectivity index (χ3n) is 11.7. The number of nitrogens with zero attached hydrogens (tertiary/aromatic N) is 5. The van der Waals surface area contributed by atoms with Crippen LogP contribution in [0.15, 0.2) is 212 Å². The molecular weight excluding hydrogens is 775 g/mol. The number of fused-ring (bicyclic) bond motifs is 6. The minimum absolute atomic E-state index is 0.611. The third kappa shape index (κ3) is 6.16. The van der Waals surface area contributed by atoms with Gasteiger partial charge in [0, 0.05) is 58.9 Å². The molecule has 0 aliphatic carbocycles. The molecule has 0 radical (unpaired) electrons. The van der Waals surface area contributed by atoms with Crippen LogP contribution >= 0.6 is 11.3 Å². The smallest absolute Gasteiger partial charge is 0.164 e. The molecule has 0 saturated carbocycles. The second-order valence-corrected chi connectivity index (χ2v) is 16.5. The minimum Gasteiger partial charge on any atom is -0.231 e. The summed E-state index contributed by atoms with van der Waals surface area (Å²) in [5.41, 5.74) is 12.5. The summed E-state index contributed by atoms with van der Waals surface area (Å²) in [5, 5.41) is 10.3. The number of rotatable bonds is 7. The molecule has 0 bridgehead atoms. The minimum atomic E-state index is 0.611. The molecule has 0 fully saturated rings. The molecule has 12 aromatic rings. The first-order chi connectivity index (χ1) is 30.7. The summed E-state index contributed by atoms with van der Waals surface area (Å²) in [4.78, 5) is 15.2. The van der Waals surface area contributed by atoms with E-state index in [9.17, 15) is 0 Å². The van der Waals surface area contributed by atoms with Crippen molar-refractivity contribution in [3.8, 4) is 78.9 Å². The summed E-state index contributed by atoms with van der Waals surface area (Å²) in [7, 11) is 0. The first-order valence-corrected chi connectivity index (χ1v) is 21.5. The van der Waals surface area contributed by atoms with Gasteiger partial charge in [-0.15, -0.1) is 11.3 Å². The molecule has 0 unspecified atom stereocenters. The maximum absolute atomic E-state index is 5.39. The van der Waals surface area contributed by atoms with Crippen LogP contribution in [0.4, 0.5) is 0 Å². The van der Waals surface area contributed by atoms with Gasteiger partial charge >= 0.3 is 0 Å². The molecule has 4 aromatic heterocycles. The molecule has 0 saturated heterocycles. The van der Waals surface area contributed by atoms with Gasteiger partial charge in [-0.25, -0.2) is 19.5 Å². The largest absolute Gasteiger partial charge is 0.231 e. The van der Waals surface area contributed by atoms with E-state index < -0.39 is 0 Å². The van der Waals surface area contributed by atoms with Gasteiger partial charge in [0.2, 0.25) is 0 Å². The number of pyridine rings is 1. The van der Waals surface area contributed by atoms with Gasteiger partial charge in [0.15, 0.2) is 17.5 Å². The monoisotopic (exact) mass is 809 g/mol. The van der Waals surface area contributed by atoms with Crippen LogP contribution in [0.25, 0.3) is 115 Å². The first-order valence-electron chi connectivity index (χ1n) is 20.7. The van der Waals surface area contributed by atoms with E-state index in [4.69, 9.17) is 20.1 Å². The normalized spacial score (nSPS) is 11.5. The topological polar surface area (TPSA) is 56.0 Å². The third-order valence-corrected chi connectivity index (χ3v) is 12.9. The fourth-order valence-corrected chi connectivity index (χ4v) is 9.92. The van der Waals surface area contributed by atoms with Crippen LogP contribution in [0, 0.1) is 0 Å². The zero-order valence-corrected chi connectivity index (χ0v) is 34.2. The zero-order valence-electron chi connectivity index (χ0n) is 33.4. The van der Waals surface area contributed by atoms with Crippen LogP contribution in [-0.4, -0.2) is 24.6 Å². The Morgan fingerprint density at radius 3 is 1.53 bits per heavy atom. The molecule has 0 spiro atoms. The molecule has 0 N–H and O–H groups in total. The predicted octanol–water partition coefficient (Wildman–Crippen LogP) is 14.7. The van der Waals surface area contributed by atoms with E-state index in [1.165, 1.54) is 25.7 Å². The summed E-state index contributed by atoms with van der Waals surface area (Å²) < 4.78 is 4.72. The maximum atomic E-state index is 5.39. The van der Waals surface area contributed by atoms with Crippen molar-refractivity contribution in [1.29, 1.82) is 0 Å². The van der Waals surface area contributed by atoms with Gasteiger partial charge in [-0.3, -0.25) is 0 Å². The summed E-state index contributed by atoms with van der Waals surface area (Å²) in [5.74, 6) is 1.86. The molecule has 0 amide bonds. The molecule has 0 aliphatic heterocycles. The summed E-state index contributed by atoms with van der Waals surface area (Å²) >= 11 is 1.84. The summed E-state index contributed by atoms with van der Waals surface area (Å²) in [6.45, 7) is 0. The average Bonchev–Trinajstić information content (AvgIpc) is 3.95. The van der Waals surface area contributed by atoms with E-state index >= 15 is 0 Å². The fraction of sp³-hybridized carbons (Fsp3) is 0. The number of hydrogen-bond donors (Lipinski definition) is 0. The lowest BCUT2D eigenvalue weighted by molar-refractivity contribution is 0.979. The molecule has 6 heteroatoms. The molecule has 290 valence electrons. The molecule has 4 heterocycles. The van der Waals surface area contributed by atoms with E-state index in [0.29, 0.717) is 17.5 Å². The second kappa shape index (κ2) is 14.9. The highest BCUT2D eigenvalue weighted by Crippen LogP contribution is 2.42. The number of thiophene rings is 1. The van der Waals surface area contributed by atoms with Gasteiger partial charge in [-0.2, -0.15) is 5.10 Å². The number of hydrogen-bond acceptors (Lipinski definition) is 5. The van der Waals surface area contributed by atoms with E-state index in [0.717, 1.165) is 72.2 Å². The Morgan fingerprint density at radius 2 is 0.871 bits per heavy atom. The molecule has 0 aliphatic rings. The van der Waals surface area contributed by atoms with E-state index in [1.807, 2.05) is 47.7 Å². The van der Waals surface area contributed by atoms with Crippen LogP contribution < -0.4 is 0 Å². The van der Waals surface area contributed by atoms with Crippen molar-refractivity contribution in [1.82, 2.24) is 24.6 Å². The zero-order chi connectivity index (χ0) is 41.0. The van der Waals surface area contributed by atoms with Crippen molar-refractivity contribution in [2.45, 2.75) is 0 Å². The molecule has 12 rings (SSSR count). The standard InChI is InChI=1S/C56H35N5S/c1-4-15-38(16-5-1)50-51(39-17-6-2-7-18-39)60-61-48(35-43-21-10-11-22-44(43)52(50)61)37-29-33-42(34-30-37)56-58-54(40-19-8-3-9-20-40)57-55(59-56)41-31-27-36(28-32-41)45-24-14-25-47-46-23-12-13-26-49(46)62-53(45)47/h1-35H. The van der Waals surface area contributed by atoms with Gasteiger partial charge < -0.3 is 0 Å². The summed E-state index contributed by atoms with van der Waals surface area (Å²) in [6, 6.07) is 74.4. The number of aromatic nitrogens is 5. The Morgan fingerprint density at radius 1 is 0.371 bits per heavy atom. The van der Waals surface area contributed by atoms with Gasteiger partial charge in [0.25, 0.3) is 0 Å². The van der Waals surface area contributed by atoms with Crippen molar-refractivity contribution in [3.63, 3.8) is 0 Å². The Kier molecular flexibility index (Phi) is 8.61. The Labute approximate surface area is 361 Å². The quantitative estimate of drug-likeness (QED) is 0.161. The van der Waals surface area contributed by atoms with E-state index in [2.05, 4.69) is 180 Å². The molecule has 5 nitrogen and oxygen atoms in total. The highest BCUT2D eigenvalue weighted by molar-refractivity contribution is 7.26. The Hall–Kier alpha value is -8.06. The van der Waals surface area contributed by atoms with E-state index in [1.54, 1.807) is 0 Å². The van der Waals surface area contributed by atoms with Gasteiger partial charge in [0.05, 0.1) is 11.2 Å². The first kappa shape index (κ1) is 35.8. The highest BCUT2D eigenvalue weighted by atomic mass is 32.1. The molecular formula is C56H35N5S. The lowest BCUT2D eigenvalue weighted by atomic mass is 9.97. The Bertz CT molecular complexity index is 3600. The van der Waals surface area contributed by atoms with Crippen molar-refractivity contribution in [3.05, 3.63) is 212 Å². The maximum Gasteiger partial charge on any atom is 0.164 e. The van der Waals surface area contributed by atoms with Crippen LogP contribution in [0.5, 0.6) is 0 Å². The second-order valence-electron chi connectivity index (χ2n) is 15.4. The van der Waals surface area contributed by atoms with Crippen LogP contribution in [-0.2, 0) is 0 Å². The van der Waals surface area contributed by atoms with E-state index in [-0.39, 0.29) is 0 Å². The Balaban J connectivity index is 0.966. The lowest BCUT2D eigenvalue weighted by Crippen LogP contribution is -2.00. The van der Waals surface area contributed by atoms with Gasteiger partial charge in [-0.05, 0) is 34.2 Å². The van der Waals surface area contributed by atoms with Crippen molar-refractivity contribution in [2.24, 2.45) is 0 Å². The molecule has 0 atom stereocenters. The van der Waals surface area contributed by atoms with Gasteiger partial charge in [-0.1, -0.05) is 200 Å².